The number of amides is 1. The van der Waals surface area contributed by atoms with Crippen LogP contribution in [0.1, 0.15) is 19.8 Å². The van der Waals surface area contributed by atoms with E-state index in [1.54, 1.807) is 0 Å². The highest BCUT2D eigenvalue weighted by Crippen LogP contribution is 2.29. The molecule has 1 fully saturated rings. The summed E-state index contributed by atoms with van der Waals surface area (Å²) in [6.07, 6.45) is -3.16. The number of hydrogen-bond donors (Lipinski definition) is 1. The van der Waals surface area contributed by atoms with Gasteiger partial charge in [-0.3, -0.25) is 4.79 Å². The molecule has 104 valence electrons. The number of halogens is 3. The first-order valence-electron chi connectivity index (χ1n) is 5.41. The van der Waals surface area contributed by atoms with Crippen LogP contribution in [-0.4, -0.2) is 53.4 Å². The lowest BCUT2D eigenvalue weighted by molar-refractivity contribution is -0.179. The maximum atomic E-state index is 11.8. The molecule has 1 unspecified atom stereocenters. The van der Waals surface area contributed by atoms with Gasteiger partial charge in [-0.2, -0.15) is 13.2 Å². The Morgan fingerprint density at radius 1 is 1.44 bits per heavy atom. The number of aliphatic carboxylic acids is 1. The molecule has 0 heterocycles. The summed E-state index contributed by atoms with van der Waals surface area (Å²) in [6.45, 7) is -0.950. The fourth-order valence-electron chi connectivity index (χ4n) is 1.54. The number of carbonyl (C=O) groups is 2. The number of carboxylic acids is 1. The molecule has 0 saturated heterocycles. The fourth-order valence-corrected chi connectivity index (χ4v) is 1.54. The predicted molar refractivity (Wildman–Crippen MR) is 53.8 cm³/mol. The van der Waals surface area contributed by atoms with Crippen molar-refractivity contribution in [2.75, 3.05) is 13.2 Å². The number of alkyl halides is 3. The highest BCUT2D eigenvalue weighted by atomic mass is 19.4. The third-order valence-electron chi connectivity index (χ3n) is 2.49. The molecule has 1 rings (SSSR count). The summed E-state index contributed by atoms with van der Waals surface area (Å²) in [5.41, 5.74) is 0. The average Bonchev–Trinajstić information content (AvgIpc) is 2.99. The van der Waals surface area contributed by atoms with E-state index in [-0.39, 0.29) is 6.04 Å². The zero-order chi connectivity index (χ0) is 13.9. The molecule has 1 N–H and O–H groups in total. The summed E-state index contributed by atoms with van der Waals surface area (Å²) < 4.78 is 39.7. The summed E-state index contributed by atoms with van der Waals surface area (Å²) in [6, 6.07) is -1.25. The van der Waals surface area contributed by atoms with E-state index in [1.165, 1.54) is 6.92 Å². The van der Waals surface area contributed by atoms with Gasteiger partial charge in [0.1, 0.15) is 19.3 Å². The van der Waals surface area contributed by atoms with E-state index in [4.69, 9.17) is 5.11 Å². The molecule has 1 amide bonds. The first-order valence-corrected chi connectivity index (χ1v) is 5.41. The van der Waals surface area contributed by atoms with Crippen LogP contribution in [0.3, 0.4) is 0 Å². The second-order valence-electron chi connectivity index (χ2n) is 4.15. The first-order chi connectivity index (χ1) is 8.22. The van der Waals surface area contributed by atoms with E-state index < -0.39 is 37.3 Å². The summed E-state index contributed by atoms with van der Waals surface area (Å²) in [5.74, 6) is -1.91. The van der Waals surface area contributed by atoms with Gasteiger partial charge in [0, 0.05) is 6.04 Å². The minimum absolute atomic E-state index is 0.196. The monoisotopic (exact) mass is 269 g/mol. The summed E-state index contributed by atoms with van der Waals surface area (Å²) in [5, 5.41) is 8.82. The Balaban J connectivity index is 2.48. The van der Waals surface area contributed by atoms with E-state index in [2.05, 4.69) is 4.74 Å². The zero-order valence-electron chi connectivity index (χ0n) is 9.74. The molecule has 5 nitrogen and oxygen atoms in total. The van der Waals surface area contributed by atoms with E-state index >= 15 is 0 Å². The summed E-state index contributed by atoms with van der Waals surface area (Å²) >= 11 is 0. The Kier molecular flexibility index (Phi) is 4.55. The molecule has 0 aliphatic heterocycles. The van der Waals surface area contributed by atoms with Crippen molar-refractivity contribution in [1.29, 1.82) is 0 Å². The van der Waals surface area contributed by atoms with Gasteiger partial charge >= 0.3 is 12.1 Å². The Morgan fingerprint density at radius 3 is 2.39 bits per heavy atom. The van der Waals surface area contributed by atoms with Crippen LogP contribution in [0.5, 0.6) is 0 Å². The molecule has 1 saturated carbocycles. The minimum Gasteiger partial charge on any atom is -0.480 e. The van der Waals surface area contributed by atoms with Crippen LogP contribution in [0.4, 0.5) is 13.2 Å². The Bertz CT molecular complexity index is 328. The van der Waals surface area contributed by atoms with E-state index in [0.717, 1.165) is 4.90 Å². The smallest absolute Gasteiger partial charge is 0.411 e. The van der Waals surface area contributed by atoms with Crippen LogP contribution in [0.15, 0.2) is 0 Å². The lowest BCUT2D eigenvalue weighted by Gasteiger charge is -2.26. The third kappa shape index (κ3) is 4.52. The Hall–Kier alpha value is -1.31. The number of hydrogen-bond acceptors (Lipinski definition) is 3. The molecule has 1 aliphatic carbocycles. The van der Waals surface area contributed by atoms with Gasteiger partial charge in [-0.25, -0.2) is 4.79 Å². The van der Waals surface area contributed by atoms with Crippen molar-refractivity contribution >= 4 is 11.9 Å². The number of carbonyl (C=O) groups excluding carboxylic acids is 1. The molecule has 1 atom stereocenters. The van der Waals surface area contributed by atoms with Crippen LogP contribution in [0.2, 0.25) is 0 Å². The predicted octanol–water partition coefficient (Wildman–Crippen LogP) is 1.03. The van der Waals surface area contributed by atoms with Gasteiger partial charge in [-0.05, 0) is 19.8 Å². The van der Waals surface area contributed by atoms with E-state index in [1.807, 2.05) is 0 Å². The standard InChI is InChI=1S/C10H14F3NO4/c1-6(9(16)17)14(7-2-3-7)8(15)4-18-5-10(11,12)13/h6-7H,2-5H2,1H3,(H,16,17). The lowest BCUT2D eigenvalue weighted by atomic mass is 10.2. The second kappa shape index (κ2) is 5.55. The SMILES string of the molecule is CC(C(=O)O)N(C(=O)COCC(F)(F)F)C1CC1. The summed E-state index contributed by atoms with van der Waals surface area (Å²) in [7, 11) is 0. The quantitative estimate of drug-likeness (QED) is 0.782. The third-order valence-corrected chi connectivity index (χ3v) is 2.49. The number of nitrogens with zero attached hydrogens (tertiary/aromatic N) is 1. The van der Waals surface area contributed by atoms with Crippen LogP contribution >= 0.6 is 0 Å². The molecule has 8 heteroatoms. The Morgan fingerprint density at radius 2 is 2.00 bits per heavy atom. The molecule has 0 aromatic rings. The van der Waals surface area contributed by atoms with Gasteiger partial charge in [-0.15, -0.1) is 0 Å². The zero-order valence-corrected chi connectivity index (χ0v) is 9.74. The van der Waals surface area contributed by atoms with E-state index in [0.29, 0.717) is 12.8 Å². The number of rotatable bonds is 6. The highest BCUT2D eigenvalue weighted by molar-refractivity contribution is 5.84. The molecular weight excluding hydrogens is 255 g/mol. The van der Waals surface area contributed by atoms with Crippen molar-refractivity contribution in [1.82, 2.24) is 4.90 Å². The molecule has 0 aromatic carbocycles. The number of ether oxygens (including phenoxy) is 1. The van der Waals surface area contributed by atoms with Crippen LogP contribution < -0.4 is 0 Å². The molecule has 0 radical (unpaired) electrons. The minimum atomic E-state index is -4.50. The molecule has 18 heavy (non-hydrogen) atoms. The van der Waals surface area contributed by atoms with Crippen LogP contribution in [0.25, 0.3) is 0 Å². The van der Waals surface area contributed by atoms with Crippen molar-refractivity contribution in [3.8, 4) is 0 Å². The van der Waals surface area contributed by atoms with Crippen molar-refractivity contribution in [3.05, 3.63) is 0 Å². The maximum Gasteiger partial charge on any atom is 0.411 e. The van der Waals surface area contributed by atoms with Gasteiger partial charge < -0.3 is 14.7 Å². The van der Waals surface area contributed by atoms with E-state index in [9.17, 15) is 22.8 Å². The van der Waals surface area contributed by atoms with Crippen LogP contribution in [0, 0.1) is 0 Å². The van der Waals surface area contributed by atoms with Gasteiger partial charge in [-0.1, -0.05) is 0 Å². The van der Waals surface area contributed by atoms with Crippen molar-refractivity contribution in [2.45, 2.75) is 38.0 Å². The lowest BCUT2D eigenvalue weighted by Crippen LogP contribution is -2.46. The van der Waals surface area contributed by atoms with Crippen molar-refractivity contribution < 1.29 is 32.6 Å². The molecule has 0 spiro atoms. The average molecular weight is 269 g/mol. The fraction of sp³-hybridized carbons (Fsp3) is 0.800. The summed E-state index contributed by atoms with van der Waals surface area (Å²) in [4.78, 5) is 23.5. The van der Waals surface area contributed by atoms with Crippen molar-refractivity contribution in [3.63, 3.8) is 0 Å². The van der Waals surface area contributed by atoms with Gasteiger partial charge in [0.25, 0.3) is 0 Å². The van der Waals surface area contributed by atoms with Crippen LogP contribution in [-0.2, 0) is 14.3 Å². The second-order valence-corrected chi connectivity index (χ2v) is 4.15. The topological polar surface area (TPSA) is 66.8 Å². The maximum absolute atomic E-state index is 11.8. The first kappa shape index (κ1) is 14.7. The molecule has 1 aliphatic rings. The Labute approximate surface area is 102 Å². The normalized spacial score (nSPS) is 17.3. The van der Waals surface area contributed by atoms with Crippen molar-refractivity contribution in [2.24, 2.45) is 0 Å². The largest absolute Gasteiger partial charge is 0.480 e. The highest BCUT2D eigenvalue weighted by Gasteiger charge is 2.38. The number of carboxylic acid groups (broad SMARTS) is 1. The molecular formula is C10H14F3NO4. The van der Waals surface area contributed by atoms with Gasteiger partial charge in [0.05, 0.1) is 0 Å². The molecule has 0 bridgehead atoms. The van der Waals surface area contributed by atoms with Gasteiger partial charge in [0.15, 0.2) is 0 Å². The molecule has 0 aromatic heterocycles. The van der Waals surface area contributed by atoms with Gasteiger partial charge in [0.2, 0.25) is 5.91 Å².